The Morgan fingerprint density at radius 3 is 0.916 bits per heavy atom. The zero-order chi connectivity index (χ0) is 93.9. The van der Waals surface area contributed by atoms with E-state index in [1.54, 1.807) is 54.2 Å². The van der Waals surface area contributed by atoms with Crippen molar-refractivity contribution in [2.75, 3.05) is 74.2 Å². The molecule has 20 rings (SSSR count). The normalized spacial score (nSPS) is 32.6. The molecule has 6 aromatic rings. The minimum Gasteiger partial charge on any atom is -0.478 e. The van der Waals surface area contributed by atoms with Crippen LogP contribution in [0.2, 0.25) is 0 Å². The molecule has 5 aliphatic heterocycles. The molecule has 9 saturated carbocycles. The first-order valence-electron chi connectivity index (χ1n) is 48.1. The maximum atomic E-state index is 14.0. The van der Waals surface area contributed by atoms with E-state index in [1.165, 1.54) is 19.3 Å². The molecule has 26 atom stereocenters. The number of hydroxylamine groups is 6. The number of likely N-dealkylation sites (tertiary alicyclic amines) is 2. The van der Waals surface area contributed by atoms with E-state index >= 15 is 0 Å². The van der Waals surface area contributed by atoms with Crippen LogP contribution in [0.3, 0.4) is 0 Å². The molecule has 131 heavy (non-hydrogen) atoms. The summed E-state index contributed by atoms with van der Waals surface area (Å²) in [6, 6.07) is 44.8. The number of fused-ring (bicyclic) bond motifs is 6. The van der Waals surface area contributed by atoms with Gasteiger partial charge in [-0.1, -0.05) is 153 Å². The van der Waals surface area contributed by atoms with Gasteiger partial charge in [0.25, 0.3) is 11.8 Å². The number of carboxylic acids is 1. The summed E-state index contributed by atoms with van der Waals surface area (Å²) in [6.07, 6.45) is 3.88. The third-order valence-electron chi connectivity index (χ3n) is 33.7. The average molecular weight is 1800 g/mol. The number of aliphatic hydroxyl groups is 6. The molecule has 0 spiro atoms. The number of amides is 5. The molecule has 9 aliphatic carbocycles. The zero-order valence-corrected chi connectivity index (χ0v) is 79.5. The number of benzene rings is 6. The van der Waals surface area contributed by atoms with Gasteiger partial charge in [-0.3, -0.25) is 38.5 Å². The number of aliphatic hydroxyl groups excluding tert-OH is 6. The molecule has 0 radical (unpaired) electrons. The highest BCUT2D eigenvalue weighted by Gasteiger charge is 2.61. The zero-order valence-electron chi connectivity index (χ0n) is 79.5. The van der Waals surface area contributed by atoms with Gasteiger partial charge in [0, 0.05) is 85.3 Å². The van der Waals surface area contributed by atoms with Gasteiger partial charge >= 0.3 is 5.97 Å². The molecule has 14 aliphatic rings. The minimum absolute atomic E-state index is 0.0500. The van der Waals surface area contributed by atoms with Gasteiger partial charge in [0.05, 0.1) is 63.3 Å². The van der Waals surface area contributed by atoms with Crippen LogP contribution in [0.5, 0.6) is 0 Å². The number of aromatic carboxylic acids is 1. The molecule has 5 heterocycles. The highest BCUT2D eigenvalue weighted by Crippen LogP contribution is 2.64. The van der Waals surface area contributed by atoms with E-state index < -0.39 is 78.5 Å². The van der Waals surface area contributed by atoms with E-state index in [1.807, 2.05) is 125 Å². The molecule has 0 unspecified atom stereocenters. The number of nitrogens with one attached hydrogen (secondary N) is 3. The Bertz CT molecular complexity index is 4850. The van der Waals surface area contributed by atoms with E-state index in [2.05, 4.69) is 128 Å². The van der Waals surface area contributed by atoms with Crippen LogP contribution in [0.15, 0.2) is 146 Å². The van der Waals surface area contributed by atoms with Crippen molar-refractivity contribution in [3.8, 4) is 33.4 Å². The van der Waals surface area contributed by atoms with Crippen LogP contribution in [-0.2, 0) is 48.5 Å². The molecule has 0 aromatic heterocycles. The first-order valence-corrected chi connectivity index (χ1v) is 48.1. The maximum Gasteiger partial charge on any atom is 0.335 e. The molecule has 26 heteroatoms. The fraction of sp³-hybridized carbons (Fsp3) is 0.600. The number of carbonyl (C=O) groups excluding carboxylic acids is 5. The molecule has 10 N–H and O–H groups in total. The van der Waals surface area contributed by atoms with E-state index in [0.717, 1.165) is 108 Å². The lowest BCUT2D eigenvalue weighted by Crippen LogP contribution is -2.62. The number of hydrogen-bond donors (Lipinski definition) is 10. The van der Waals surface area contributed by atoms with Crippen LogP contribution < -0.4 is 16.0 Å². The Hall–Kier alpha value is -8.42. The summed E-state index contributed by atoms with van der Waals surface area (Å²) in [5, 5.41) is 86.9. The Kier molecular flexibility index (Phi) is 29.6. The fourth-order valence-electron chi connectivity index (χ4n) is 25.1. The Balaban J connectivity index is 0.000000151. The molecule has 6 bridgehead atoms. The van der Waals surface area contributed by atoms with Gasteiger partial charge in [-0.2, -0.15) is 15.2 Å². The Morgan fingerprint density at radius 1 is 0.405 bits per heavy atom. The number of rotatable bonds is 26. The van der Waals surface area contributed by atoms with Crippen LogP contribution in [-0.4, -0.2) is 265 Å². The smallest absolute Gasteiger partial charge is 0.335 e. The van der Waals surface area contributed by atoms with Crippen molar-refractivity contribution in [2.24, 2.45) is 87.3 Å². The average Bonchev–Trinajstić information content (AvgIpc) is 1.31. The summed E-state index contributed by atoms with van der Waals surface area (Å²) in [4.78, 5) is 107. The largest absolute Gasteiger partial charge is 0.478 e. The summed E-state index contributed by atoms with van der Waals surface area (Å²) < 4.78 is 0. The van der Waals surface area contributed by atoms with Crippen LogP contribution in [0.25, 0.3) is 33.4 Å². The van der Waals surface area contributed by atoms with Crippen molar-refractivity contribution in [2.45, 2.75) is 239 Å². The van der Waals surface area contributed by atoms with Crippen LogP contribution >= 0.6 is 0 Å². The number of likely N-dealkylation sites (N-methyl/N-ethyl adjacent to an activating group) is 2. The lowest BCUT2D eigenvalue weighted by molar-refractivity contribution is -0.183. The first-order chi connectivity index (χ1) is 62.3. The lowest BCUT2D eigenvalue weighted by atomic mass is 9.45. The van der Waals surface area contributed by atoms with E-state index in [-0.39, 0.29) is 79.6 Å². The van der Waals surface area contributed by atoms with Gasteiger partial charge in [-0.25, -0.2) is 4.79 Å². The van der Waals surface area contributed by atoms with Crippen molar-refractivity contribution in [3.63, 3.8) is 0 Å². The fourth-order valence-corrected chi connectivity index (χ4v) is 25.1. The Morgan fingerprint density at radius 2 is 0.672 bits per heavy atom. The summed E-state index contributed by atoms with van der Waals surface area (Å²) >= 11 is 0. The van der Waals surface area contributed by atoms with E-state index in [0.29, 0.717) is 106 Å². The van der Waals surface area contributed by atoms with Gasteiger partial charge in [0.15, 0.2) is 0 Å². The second-order valence-electron chi connectivity index (χ2n) is 42.7. The van der Waals surface area contributed by atoms with Crippen molar-refractivity contribution >= 4 is 35.5 Å². The van der Waals surface area contributed by atoms with Crippen molar-refractivity contribution < 1.29 is 79.0 Å². The third kappa shape index (κ3) is 19.9. The SMILES string of the molecule is C[C@@H]1[C@@H](NC(=O)[C@@H]2[C@H]([C@H](C)O)[C@H](CO)ON2Cc2cccc(-c3cccc(C(=O)N4CC[C@H](N(C)C)C4)c3)c2)C[C@H]2C[C@@H]1C2(C)C.C[C@@H]1[C@@H](NC(=O)[C@@H]2[C@H]([C@H](C)O)[C@H](CO)ON2Cc2cccc(-c3cccc(C(=O)N4CC[C@H](N(C)C)C4)c3)c2)C[C@H]2C[C@@H]1C2(C)C.C[C@@H]1[C@@H](NC(=O)[C@@H]2[C@H]([C@H](C)O)[C@H](CO)ON2Cc2cccc(-c3cccc(C(=O)O)c3)c2)C[C@H]2C[C@@H]1C2(C)C. The predicted octanol–water partition coefficient (Wildman–Crippen LogP) is 11.3. The second-order valence-corrected chi connectivity index (χ2v) is 42.7. The molecular weight excluding hydrogens is 1660 g/mol. The Labute approximate surface area is 774 Å². The van der Waals surface area contributed by atoms with Crippen LogP contribution in [0.4, 0.5) is 0 Å². The van der Waals surface area contributed by atoms with Gasteiger partial charge in [0.1, 0.15) is 36.4 Å². The van der Waals surface area contributed by atoms with Gasteiger partial charge < -0.3 is 71.3 Å². The molecule has 6 aromatic carbocycles. The van der Waals surface area contributed by atoms with Crippen molar-refractivity contribution in [1.82, 2.24) is 50.7 Å². The molecule has 26 nitrogen and oxygen atoms in total. The van der Waals surface area contributed by atoms with E-state index in [4.69, 9.17) is 14.5 Å². The monoisotopic (exact) mass is 1800 g/mol. The van der Waals surface area contributed by atoms with Crippen LogP contribution in [0.1, 0.15) is 182 Å². The summed E-state index contributed by atoms with van der Waals surface area (Å²) in [5.74, 6) is 1.57. The van der Waals surface area contributed by atoms with Crippen molar-refractivity contribution in [1.29, 1.82) is 0 Å². The van der Waals surface area contributed by atoms with Gasteiger partial charge in [0.2, 0.25) is 17.7 Å². The van der Waals surface area contributed by atoms with Gasteiger partial charge in [-0.05, 0) is 275 Å². The predicted molar refractivity (Wildman–Crippen MR) is 501 cm³/mol. The van der Waals surface area contributed by atoms with E-state index in [9.17, 15) is 64.5 Å². The highest BCUT2D eigenvalue weighted by atomic mass is 16.7. The standard InChI is InChI=1S/2C37H52N4O5.C31H40N2O6/c2*1-22-30-17-28(37(30,3)4)18-31(22)38-35(44)34-33(23(2)43)32(21-42)46-41(34)19-24-9-7-10-25(15-24)26-11-8-12-27(16-26)36(45)40-14-13-29(20-40)39(5)6;1-17-24-13-23(31(24,3)4)14-25(17)32-29(36)28-27(18(2)35)26(16-34)39-33(28)15-19-7-5-8-20(11-19)21-9-6-10-22(12-21)30(37)38/h2*7-12,15-16,22-23,28-34,42-43H,13-14,17-21H2,1-6H3,(H,38,44);5-12,17-18,23-28,34-35H,13-16H2,1-4H3,(H,32,36)(H,37,38)/t2*22-,23-,28+,29-,30-,31-,32-,33+,34-;17-,18-,23+,24-,25-,26-,27+,28-/m000/s1. The molecule has 5 saturated heterocycles. The number of carbonyl (C=O) groups is 6. The van der Waals surface area contributed by atoms with Crippen LogP contribution in [0, 0.1) is 87.3 Å². The minimum atomic E-state index is -0.986. The summed E-state index contributed by atoms with van der Waals surface area (Å²) in [6.45, 7) is 28.7. The first kappa shape index (κ1) is 97.1. The number of carboxylic acid groups (broad SMARTS) is 1. The number of nitrogens with zero attached hydrogens (tertiary/aromatic N) is 7. The molecule has 14 fully saturated rings. The number of hydrogen-bond acceptors (Lipinski definition) is 20. The quantitative estimate of drug-likeness (QED) is 0.0241. The second kappa shape index (κ2) is 39.9. The summed E-state index contributed by atoms with van der Waals surface area (Å²) in [5.41, 5.74) is 10.6. The third-order valence-corrected chi connectivity index (χ3v) is 33.7. The topological polar surface area (TPSA) is 330 Å². The molecule has 710 valence electrons. The maximum absolute atomic E-state index is 14.0. The summed E-state index contributed by atoms with van der Waals surface area (Å²) in [7, 11) is 8.23. The highest BCUT2D eigenvalue weighted by molar-refractivity contribution is 5.97. The lowest BCUT2D eigenvalue weighted by Gasteiger charge is -2.62. The van der Waals surface area contributed by atoms with Gasteiger partial charge in [-0.15, -0.1) is 0 Å². The molecular formula is C105H144N10O16. The molecule has 5 amide bonds. The van der Waals surface area contributed by atoms with Crippen molar-refractivity contribution in [3.05, 3.63) is 179 Å².